The number of hydrogen-bond donors (Lipinski definition) is 0. The van der Waals surface area contributed by atoms with E-state index in [0.717, 1.165) is 25.7 Å². The highest BCUT2D eigenvalue weighted by atomic mass is 35.5. The molecule has 0 saturated heterocycles. The summed E-state index contributed by atoms with van der Waals surface area (Å²) in [6.07, 6.45) is 5.36. The first-order chi connectivity index (χ1) is 8.66. The van der Waals surface area contributed by atoms with Gasteiger partial charge in [-0.15, -0.1) is 22.9 Å². The van der Waals surface area contributed by atoms with Crippen LogP contribution in [0.4, 0.5) is 0 Å². The van der Waals surface area contributed by atoms with Crippen LogP contribution in [-0.2, 0) is 10.0 Å². The summed E-state index contributed by atoms with van der Waals surface area (Å²) in [7, 11) is -3.35. The molecule has 1 fully saturated rings. The number of sulfonamides is 1. The van der Waals surface area contributed by atoms with Crippen LogP contribution < -0.4 is 0 Å². The number of thiophene rings is 1. The second-order valence-corrected chi connectivity index (χ2v) is 7.97. The van der Waals surface area contributed by atoms with Gasteiger partial charge in [-0.25, -0.2) is 8.42 Å². The lowest BCUT2D eigenvalue weighted by atomic mass is 9.95. The van der Waals surface area contributed by atoms with E-state index in [1.165, 1.54) is 17.8 Å². The van der Waals surface area contributed by atoms with E-state index in [9.17, 15) is 8.42 Å². The number of alkyl halides is 1. The van der Waals surface area contributed by atoms with Crippen molar-refractivity contribution >= 4 is 33.0 Å². The molecule has 1 saturated carbocycles. The molecule has 1 heterocycles. The van der Waals surface area contributed by atoms with E-state index in [0.29, 0.717) is 16.6 Å². The predicted octanol–water partition coefficient (Wildman–Crippen LogP) is 3.31. The molecule has 0 N–H and O–H groups in total. The topological polar surface area (TPSA) is 37.4 Å². The van der Waals surface area contributed by atoms with E-state index >= 15 is 0 Å². The molecule has 0 atom stereocenters. The summed E-state index contributed by atoms with van der Waals surface area (Å²) in [4.78, 5) is 0. The molecule has 3 nitrogen and oxygen atoms in total. The summed E-state index contributed by atoms with van der Waals surface area (Å²) in [5.74, 6) is 0.348. The number of rotatable bonds is 5. The van der Waals surface area contributed by atoms with Crippen LogP contribution in [-0.4, -0.2) is 31.2 Å². The van der Waals surface area contributed by atoms with E-state index in [4.69, 9.17) is 11.6 Å². The van der Waals surface area contributed by atoms with Crippen molar-refractivity contribution in [3.63, 3.8) is 0 Å². The smallest absolute Gasteiger partial charge is 0.206 e. The van der Waals surface area contributed by atoms with Crippen molar-refractivity contribution in [1.82, 2.24) is 4.31 Å². The van der Waals surface area contributed by atoms with E-state index < -0.39 is 10.0 Å². The third-order valence-electron chi connectivity index (χ3n) is 3.34. The summed E-state index contributed by atoms with van der Waals surface area (Å²) in [5, 5.41) is 1.80. The van der Waals surface area contributed by atoms with Crippen molar-refractivity contribution in [2.24, 2.45) is 0 Å². The molecule has 1 aromatic heterocycles. The Hall–Kier alpha value is -0.100. The zero-order valence-electron chi connectivity index (χ0n) is 10.2. The van der Waals surface area contributed by atoms with Gasteiger partial charge in [-0.3, -0.25) is 0 Å². The Bertz CT molecular complexity index is 452. The van der Waals surface area contributed by atoms with Gasteiger partial charge in [0.1, 0.15) is 4.21 Å². The Kier molecular flexibility index (Phi) is 5.06. The fourth-order valence-corrected chi connectivity index (χ4v) is 5.56. The highest BCUT2D eigenvalue weighted by Gasteiger charge is 2.32. The standard InChI is InChI=1S/C12H18ClNO2S2/c13-8-9-14(11-5-2-1-3-6-11)18(15,16)12-7-4-10-17-12/h4,7,10-11H,1-3,5-6,8-9H2. The Labute approximate surface area is 118 Å². The van der Waals surface area contributed by atoms with E-state index in [2.05, 4.69) is 0 Å². The van der Waals surface area contributed by atoms with Crippen LogP contribution >= 0.6 is 22.9 Å². The highest BCUT2D eigenvalue weighted by molar-refractivity contribution is 7.91. The molecule has 0 radical (unpaired) electrons. The van der Waals surface area contributed by atoms with Gasteiger partial charge in [0.2, 0.25) is 0 Å². The van der Waals surface area contributed by atoms with Crippen molar-refractivity contribution in [3.05, 3.63) is 17.5 Å². The largest absolute Gasteiger partial charge is 0.252 e. The fraction of sp³-hybridized carbons (Fsp3) is 0.667. The van der Waals surface area contributed by atoms with E-state index in [1.807, 2.05) is 0 Å². The molecule has 1 aliphatic rings. The van der Waals surface area contributed by atoms with Crippen LogP contribution in [0, 0.1) is 0 Å². The van der Waals surface area contributed by atoms with Crippen molar-refractivity contribution in [2.45, 2.75) is 42.4 Å². The third kappa shape index (κ3) is 3.07. The highest BCUT2D eigenvalue weighted by Crippen LogP contribution is 2.29. The van der Waals surface area contributed by atoms with Gasteiger partial charge in [0.05, 0.1) is 0 Å². The molecule has 102 valence electrons. The van der Waals surface area contributed by atoms with Crippen molar-refractivity contribution < 1.29 is 8.42 Å². The Morgan fingerprint density at radius 3 is 2.61 bits per heavy atom. The minimum absolute atomic E-state index is 0.129. The minimum atomic E-state index is -3.35. The Balaban J connectivity index is 2.23. The van der Waals surface area contributed by atoms with Gasteiger partial charge in [0.15, 0.2) is 0 Å². The maximum Gasteiger partial charge on any atom is 0.252 e. The SMILES string of the molecule is O=S(=O)(c1cccs1)N(CCCl)C1CCCCC1. The van der Waals surface area contributed by atoms with Crippen LogP contribution in [0.5, 0.6) is 0 Å². The van der Waals surface area contributed by atoms with E-state index in [-0.39, 0.29) is 6.04 Å². The number of halogens is 1. The summed E-state index contributed by atoms with van der Waals surface area (Å²) in [6.45, 7) is 0.409. The maximum absolute atomic E-state index is 12.6. The van der Waals surface area contributed by atoms with Gasteiger partial charge < -0.3 is 0 Å². The minimum Gasteiger partial charge on any atom is -0.206 e. The summed E-state index contributed by atoms with van der Waals surface area (Å²) < 4.78 is 27.2. The van der Waals surface area contributed by atoms with Gasteiger partial charge in [-0.05, 0) is 24.3 Å². The van der Waals surface area contributed by atoms with Crippen LogP contribution in [0.1, 0.15) is 32.1 Å². The monoisotopic (exact) mass is 307 g/mol. The van der Waals surface area contributed by atoms with Gasteiger partial charge in [-0.1, -0.05) is 25.3 Å². The average molecular weight is 308 g/mol. The van der Waals surface area contributed by atoms with Crippen LogP contribution in [0.15, 0.2) is 21.7 Å². The molecule has 0 aromatic carbocycles. The quantitative estimate of drug-likeness (QED) is 0.783. The van der Waals surface area contributed by atoms with Gasteiger partial charge >= 0.3 is 0 Å². The molecule has 0 aliphatic heterocycles. The first-order valence-electron chi connectivity index (χ1n) is 6.27. The van der Waals surface area contributed by atoms with Gasteiger partial charge in [0, 0.05) is 18.5 Å². The summed E-state index contributed by atoms with van der Waals surface area (Å²) in [5.41, 5.74) is 0. The molecule has 1 aromatic rings. The predicted molar refractivity (Wildman–Crippen MR) is 75.8 cm³/mol. The Morgan fingerprint density at radius 1 is 1.33 bits per heavy atom. The average Bonchev–Trinajstić information content (AvgIpc) is 2.91. The number of hydrogen-bond acceptors (Lipinski definition) is 3. The molecular formula is C12H18ClNO2S2. The van der Waals surface area contributed by atoms with Crippen molar-refractivity contribution in [1.29, 1.82) is 0 Å². The normalized spacial score (nSPS) is 18.3. The summed E-state index contributed by atoms with van der Waals surface area (Å²) in [6, 6.07) is 3.58. The molecule has 1 aliphatic carbocycles. The summed E-state index contributed by atoms with van der Waals surface area (Å²) >= 11 is 7.06. The zero-order chi connectivity index (χ0) is 13.0. The lowest BCUT2D eigenvalue weighted by Crippen LogP contribution is -2.42. The molecular weight excluding hydrogens is 290 g/mol. The first-order valence-corrected chi connectivity index (χ1v) is 9.13. The third-order valence-corrected chi connectivity index (χ3v) is 6.84. The van der Waals surface area contributed by atoms with Crippen molar-refractivity contribution in [3.8, 4) is 0 Å². The molecule has 0 amide bonds. The van der Waals surface area contributed by atoms with Crippen LogP contribution in [0.2, 0.25) is 0 Å². The Morgan fingerprint density at radius 2 is 2.06 bits per heavy atom. The molecule has 0 unspecified atom stereocenters. The fourth-order valence-electron chi connectivity index (χ4n) is 2.48. The van der Waals surface area contributed by atoms with E-state index in [1.54, 1.807) is 21.8 Å². The molecule has 0 spiro atoms. The molecule has 6 heteroatoms. The molecule has 0 bridgehead atoms. The van der Waals surface area contributed by atoms with Gasteiger partial charge in [0.25, 0.3) is 10.0 Å². The molecule has 18 heavy (non-hydrogen) atoms. The molecule has 2 rings (SSSR count). The zero-order valence-corrected chi connectivity index (χ0v) is 12.6. The lowest BCUT2D eigenvalue weighted by molar-refractivity contribution is 0.262. The van der Waals surface area contributed by atoms with Crippen molar-refractivity contribution in [2.75, 3.05) is 12.4 Å². The number of nitrogens with zero attached hydrogens (tertiary/aromatic N) is 1. The first kappa shape index (κ1) is 14.3. The van der Waals surface area contributed by atoms with Crippen LogP contribution in [0.25, 0.3) is 0 Å². The second kappa shape index (κ2) is 6.37. The van der Waals surface area contributed by atoms with Crippen LogP contribution in [0.3, 0.4) is 0 Å². The second-order valence-electron chi connectivity index (χ2n) is 4.53. The lowest BCUT2D eigenvalue weighted by Gasteiger charge is -2.32. The van der Waals surface area contributed by atoms with Gasteiger partial charge in [-0.2, -0.15) is 4.31 Å². The maximum atomic E-state index is 12.6.